The lowest BCUT2D eigenvalue weighted by Gasteiger charge is -2.64. The van der Waals surface area contributed by atoms with Gasteiger partial charge in [0.2, 0.25) is 0 Å². The number of allylic oxidation sites excluding steroid dienone is 1. The van der Waals surface area contributed by atoms with Crippen LogP contribution in [-0.2, 0) is 4.79 Å². The van der Waals surface area contributed by atoms with E-state index in [2.05, 4.69) is 39.8 Å². The lowest BCUT2D eigenvalue weighted by Crippen LogP contribution is -2.62. The second kappa shape index (κ2) is 9.69. The lowest BCUT2D eigenvalue weighted by molar-refractivity contribution is -0.203. The predicted octanol–water partition coefficient (Wildman–Crippen LogP) is 7.68. The number of benzene rings is 1. The molecule has 0 bridgehead atoms. The molecular formula is C36H52O4. The highest BCUT2D eigenvalue weighted by Gasteiger charge is 2.83. The zero-order valence-electron chi connectivity index (χ0n) is 25.4. The van der Waals surface area contributed by atoms with Crippen LogP contribution in [0.4, 0.5) is 0 Å². The van der Waals surface area contributed by atoms with E-state index >= 15 is 0 Å². The van der Waals surface area contributed by atoms with Gasteiger partial charge in [-0.15, -0.1) is 0 Å². The maximum absolute atomic E-state index is 12.2. The van der Waals surface area contributed by atoms with Gasteiger partial charge in [-0.25, -0.2) is 0 Å². The van der Waals surface area contributed by atoms with Gasteiger partial charge in [0.05, 0.1) is 18.1 Å². The third-order valence-corrected chi connectivity index (χ3v) is 14.2. The van der Waals surface area contributed by atoms with E-state index in [1.54, 1.807) is 6.92 Å². The van der Waals surface area contributed by atoms with E-state index < -0.39 is 11.9 Å². The number of carbonyl (C=O) groups is 1. The van der Waals surface area contributed by atoms with Gasteiger partial charge in [-0.3, -0.25) is 4.79 Å². The maximum atomic E-state index is 12.2. The molecule has 5 aliphatic rings. The predicted molar refractivity (Wildman–Crippen MR) is 160 cm³/mol. The second-order valence-corrected chi connectivity index (χ2v) is 15.4. The van der Waals surface area contributed by atoms with E-state index in [1.807, 2.05) is 24.3 Å². The molecule has 0 amide bonds. The van der Waals surface area contributed by atoms with Crippen LogP contribution in [0.25, 0.3) is 6.08 Å². The Morgan fingerprint density at radius 1 is 1.02 bits per heavy atom. The normalized spacial score (nSPS) is 47.1. The van der Waals surface area contributed by atoms with Crippen LogP contribution in [0, 0.1) is 51.2 Å². The minimum Gasteiger partial charge on any atom is -0.481 e. The van der Waals surface area contributed by atoms with Crippen LogP contribution in [0.5, 0.6) is 0 Å². The van der Waals surface area contributed by atoms with Crippen LogP contribution >= 0.6 is 0 Å². The van der Waals surface area contributed by atoms with Crippen molar-refractivity contribution in [2.24, 2.45) is 51.2 Å². The van der Waals surface area contributed by atoms with Gasteiger partial charge in [0, 0.05) is 5.41 Å². The van der Waals surface area contributed by atoms with Crippen molar-refractivity contribution in [1.29, 1.82) is 0 Å². The summed E-state index contributed by atoms with van der Waals surface area (Å²) >= 11 is 0. The van der Waals surface area contributed by atoms with Crippen molar-refractivity contribution < 1.29 is 20.1 Å². The molecule has 12 atom stereocenters. The van der Waals surface area contributed by atoms with Gasteiger partial charge in [0.25, 0.3) is 0 Å². The second-order valence-electron chi connectivity index (χ2n) is 15.4. The summed E-state index contributed by atoms with van der Waals surface area (Å²) in [6.07, 6.45) is 15.4. The Hall–Kier alpha value is -1.65. The first-order chi connectivity index (χ1) is 18.9. The summed E-state index contributed by atoms with van der Waals surface area (Å²) in [7, 11) is 0. The van der Waals surface area contributed by atoms with Crippen LogP contribution in [0.1, 0.15) is 116 Å². The molecule has 5 aliphatic carbocycles. The Kier molecular flexibility index (Phi) is 6.90. The van der Waals surface area contributed by atoms with Crippen LogP contribution in [0.3, 0.4) is 0 Å². The minimum atomic E-state index is -0.789. The molecule has 40 heavy (non-hydrogen) atoms. The van der Waals surface area contributed by atoms with Crippen LogP contribution in [0.2, 0.25) is 0 Å². The fourth-order valence-corrected chi connectivity index (χ4v) is 11.9. The largest absolute Gasteiger partial charge is 0.481 e. The Morgan fingerprint density at radius 3 is 2.42 bits per heavy atom. The van der Waals surface area contributed by atoms with E-state index in [4.69, 9.17) is 0 Å². The summed E-state index contributed by atoms with van der Waals surface area (Å²) in [5.74, 6) is 1.61. The number of carboxylic acids is 1. The summed E-state index contributed by atoms with van der Waals surface area (Å²) in [5.41, 5.74) is 2.69. The van der Waals surface area contributed by atoms with Gasteiger partial charge < -0.3 is 15.3 Å². The molecule has 220 valence electrons. The number of carboxylic acid groups (broad SMARTS) is 1. The monoisotopic (exact) mass is 548 g/mol. The zero-order chi connectivity index (χ0) is 28.7. The van der Waals surface area contributed by atoms with Crippen molar-refractivity contribution in [2.75, 3.05) is 0 Å². The molecule has 1 aromatic carbocycles. The van der Waals surface area contributed by atoms with Crippen molar-refractivity contribution in [3.05, 3.63) is 41.5 Å². The summed E-state index contributed by atoms with van der Waals surface area (Å²) in [4.78, 5) is 11.3. The molecule has 0 radical (unpaired) electrons. The molecule has 7 unspecified atom stereocenters. The van der Waals surface area contributed by atoms with Crippen molar-refractivity contribution in [3.8, 4) is 0 Å². The van der Waals surface area contributed by atoms with Gasteiger partial charge in [-0.2, -0.15) is 0 Å². The smallest absolute Gasteiger partial charge is 0.310 e. The molecule has 4 nitrogen and oxygen atoms in total. The number of fused-ring (bicyclic) bond motifs is 4. The van der Waals surface area contributed by atoms with E-state index in [1.165, 1.54) is 25.7 Å². The van der Waals surface area contributed by atoms with Crippen LogP contribution in [0.15, 0.2) is 30.3 Å². The molecule has 6 rings (SSSR count). The Morgan fingerprint density at radius 2 is 1.75 bits per heavy atom. The number of aliphatic hydroxyl groups is 2. The molecule has 5 saturated carbocycles. The van der Waals surface area contributed by atoms with E-state index in [9.17, 15) is 20.1 Å². The van der Waals surface area contributed by atoms with Crippen molar-refractivity contribution in [2.45, 2.75) is 117 Å². The number of rotatable bonds is 7. The molecule has 0 heterocycles. The number of hydrogen-bond acceptors (Lipinski definition) is 3. The molecule has 3 N–H and O–H groups in total. The third kappa shape index (κ3) is 3.80. The Labute approximate surface area is 241 Å². The van der Waals surface area contributed by atoms with Crippen LogP contribution in [-0.4, -0.2) is 33.5 Å². The summed E-state index contributed by atoms with van der Waals surface area (Å²) in [6.45, 7) is 11.6. The van der Waals surface area contributed by atoms with Crippen LogP contribution < -0.4 is 0 Å². The third-order valence-electron chi connectivity index (χ3n) is 14.2. The van der Waals surface area contributed by atoms with Crippen molar-refractivity contribution in [3.63, 3.8) is 0 Å². The minimum absolute atomic E-state index is 0.0206. The van der Waals surface area contributed by atoms with Gasteiger partial charge in [0.15, 0.2) is 0 Å². The lowest BCUT2D eigenvalue weighted by atomic mass is 9.41. The molecule has 0 saturated heterocycles. The average molecular weight is 549 g/mol. The summed E-state index contributed by atoms with van der Waals surface area (Å²) in [5, 5.41) is 32.2. The number of aliphatic hydroxyl groups excluding tert-OH is 2. The highest BCUT2D eigenvalue weighted by atomic mass is 16.4. The molecule has 1 spiro atoms. The first-order valence-electron chi connectivity index (χ1n) is 16.3. The maximum Gasteiger partial charge on any atom is 0.310 e. The fourth-order valence-electron chi connectivity index (χ4n) is 11.9. The van der Waals surface area contributed by atoms with E-state index in [0.29, 0.717) is 35.0 Å². The molecule has 0 aromatic heterocycles. The Balaban J connectivity index is 1.18. The first kappa shape index (κ1) is 28.5. The quantitative estimate of drug-likeness (QED) is 0.326. The standard InChI is InChI=1S/C36H52O4/c1-6-35-21-36(35)20-26(37)16-19-34(36,5)29-17-18-33(4)27(14-15-28(33)30(29)31(35)38)22(2)8-7-9-24-10-12-25(13-11-24)23(3)32(39)40/h7,9-13,22-23,26-31,37-38H,6,8,14-21H2,1-5H3,(H,39,40)/b9-7+/t22-,23?,26-,27?,28?,29?,30?,31+,33-,34-,35?,36?/m1/s1. The highest BCUT2D eigenvalue weighted by molar-refractivity contribution is 5.75. The van der Waals surface area contributed by atoms with Gasteiger partial charge in [-0.1, -0.05) is 64.1 Å². The average Bonchev–Trinajstić information content (AvgIpc) is 3.47. The molecular weight excluding hydrogens is 496 g/mol. The van der Waals surface area contributed by atoms with Gasteiger partial charge in [-0.05, 0) is 128 Å². The zero-order valence-corrected chi connectivity index (χ0v) is 25.4. The molecule has 5 fully saturated rings. The van der Waals surface area contributed by atoms with Gasteiger partial charge in [0.1, 0.15) is 0 Å². The molecule has 4 heteroatoms. The van der Waals surface area contributed by atoms with E-state index in [0.717, 1.165) is 49.7 Å². The Bertz CT molecular complexity index is 1160. The first-order valence-corrected chi connectivity index (χ1v) is 16.3. The molecule has 0 aliphatic heterocycles. The fraction of sp³-hybridized carbons (Fsp3) is 0.750. The van der Waals surface area contributed by atoms with Crippen molar-refractivity contribution in [1.82, 2.24) is 0 Å². The summed E-state index contributed by atoms with van der Waals surface area (Å²) < 4.78 is 0. The van der Waals surface area contributed by atoms with Crippen molar-refractivity contribution >= 4 is 12.0 Å². The number of aliphatic carboxylic acids is 1. The van der Waals surface area contributed by atoms with Gasteiger partial charge >= 0.3 is 5.97 Å². The number of hydrogen-bond donors (Lipinski definition) is 3. The molecule has 1 aromatic rings. The van der Waals surface area contributed by atoms with E-state index in [-0.39, 0.29) is 28.5 Å². The topological polar surface area (TPSA) is 77.8 Å². The summed E-state index contributed by atoms with van der Waals surface area (Å²) in [6, 6.07) is 7.93. The SMILES string of the molecule is CCC12CC13C[C@H](O)CC[C@]3(C)C1CC[C@@]3(C)C(CCC3[C@H](C)C/C=C/c3ccc(C(C)C(=O)O)cc3)C1[C@@H]2O. The highest BCUT2D eigenvalue weighted by Crippen LogP contribution is 2.86.